The van der Waals surface area contributed by atoms with Crippen molar-refractivity contribution in [2.24, 2.45) is 0 Å². The van der Waals surface area contributed by atoms with E-state index in [1.807, 2.05) is 6.92 Å². The van der Waals surface area contributed by atoms with Crippen LogP contribution in [0, 0.1) is 0 Å². The Balaban J connectivity index is 1.43. The zero-order valence-electron chi connectivity index (χ0n) is 17.8. The molecule has 1 aliphatic heterocycles. The second kappa shape index (κ2) is 10.9. The fourth-order valence-electron chi connectivity index (χ4n) is 3.21. The van der Waals surface area contributed by atoms with Crippen LogP contribution >= 0.6 is 0 Å². The number of nitrogens with one attached hydrogen (secondary N) is 3. The molecule has 1 aliphatic rings. The highest BCUT2D eigenvalue weighted by Gasteiger charge is 2.21. The van der Waals surface area contributed by atoms with Gasteiger partial charge in [0.15, 0.2) is 6.61 Å². The number of rotatable bonds is 9. The van der Waals surface area contributed by atoms with Gasteiger partial charge < -0.3 is 25.6 Å². The molecule has 0 radical (unpaired) electrons. The number of carbonyl (C=O) groups excluding carboxylic acids is 4. The molecule has 0 aromatic heterocycles. The summed E-state index contributed by atoms with van der Waals surface area (Å²) < 4.78 is 5.35. The quantitative estimate of drug-likeness (QED) is 0.551. The lowest BCUT2D eigenvalue weighted by atomic mass is 10.2. The van der Waals surface area contributed by atoms with Crippen LogP contribution in [-0.2, 0) is 14.4 Å². The van der Waals surface area contributed by atoms with Gasteiger partial charge >= 0.3 is 0 Å². The number of anilines is 2. The molecule has 1 fully saturated rings. The second-order valence-corrected chi connectivity index (χ2v) is 7.19. The molecule has 168 valence electrons. The summed E-state index contributed by atoms with van der Waals surface area (Å²) in [6, 6.07) is 13.3. The average molecular weight is 438 g/mol. The van der Waals surface area contributed by atoms with Gasteiger partial charge in [0, 0.05) is 36.4 Å². The van der Waals surface area contributed by atoms with Crippen molar-refractivity contribution in [1.82, 2.24) is 10.6 Å². The minimum atomic E-state index is -0.381. The summed E-state index contributed by atoms with van der Waals surface area (Å²) in [4.78, 5) is 49.3. The molecule has 0 aliphatic carbocycles. The molecule has 1 saturated heterocycles. The van der Waals surface area contributed by atoms with Crippen molar-refractivity contribution >= 4 is 35.0 Å². The number of amides is 4. The van der Waals surface area contributed by atoms with Gasteiger partial charge in [-0.3, -0.25) is 19.2 Å². The van der Waals surface area contributed by atoms with Crippen LogP contribution in [0.5, 0.6) is 5.75 Å². The number of likely N-dealkylation sites (N-methyl/N-ethyl adjacent to an activating group) is 1. The summed E-state index contributed by atoms with van der Waals surface area (Å²) in [6.45, 7) is 2.77. The molecule has 2 aromatic rings. The highest BCUT2D eigenvalue weighted by molar-refractivity contribution is 6.00. The lowest BCUT2D eigenvalue weighted by Crippen LogP contribution is -2.32. The summed E-state index contributed by atoms with van der Waals surface area (Å²) in [6.07, 6.45) is 1.38. The number of carbonyl (C=O) groups is 4. The van der Waals surface area contributed by atoms with Gasteiger partial charge in [0.05, 0.1) is 6.54 Å². The Hall–Kier alpha value is -3.88. The Kier molecular flexibility index (Phi) is 7.80. The van der Waals surface area contributed by atoms with Gasteiger partial charge in [-0.15, -0.1) is 0 Å². The van der Waals surface area contributed by atoms with Gasteiger partial charge in [0.1, 0.15) is 5.75 Å². The second-order valence-electron chi connectivity index (χ2n) is 7.19. The van der Waals surface area contributed by atoms with Crippen molar-refractivity contribution in [3.05, 3.63) is 54.1 Å². The van der Waals surface area contributed by atoms with E-state index in [1.54, 1.807) is 53.4 Å². The summed E-state index contributed by atoms with van der Waals surface area (Å²) in [5.74, 6) is -0.385. The van der Waals surface area contributed by atoms with E-state index in [4.69, 9.17) is 4.74 Å². The predicted molar refractivity (Wildman–Crippen MR) is 120 cm³/mol. The van der Waals surface area contributed by atoms with Crippen LogP contribution in [0.15, 0.2) is 48.5 Å². The molecular weight excluding hydrogens is 412 g/mol. The predicted octanol–water partition coefficient (Wildman–Crippen LogP) is 1.70. The highest BCUT2D eigenvalue weighted by Crippen LogP contribution is 2.21. The van der Waals surface area contributed by atoms with E-state index < -0.39 is 0 Å². The lowest BCUT2D eigenvalue weighted by Gasteiger charge is -2.15. The fraction of sp³-hybridized carbons (Fsp3) is 0.304. The maximum atomic E-state index is 12.3. The van der Waals surface area contributed by atoms with Gasteiger partial charge in [-0.1, -0.05) is 0 Å². The molecular formula is C23H26N4O5. The first kappa shape index (κ1) is 22.8. The average Bonchev–Trinajstić information content (AvgIpc) is 3.23. The summed E-state index contributed by atoms with van der Waals surface area (Å²) in [7, 11) is 0. The molecule has 0 atom stereocenters. The SMILES string of the molecule is CCNC(=O)COc1ccc(NC(=O)CNC(=O)c2ccc(N3CCCC3=O)cc2)cc1. The first-order chi connectivity index (χ1) is 15.5. The van der Waals surface area contributed by atoms with Crippen molar-refractivity contribution in [1.29, 1.82) is 0 Å². The van der Waals surface area contributed by atoms with Gasteiger partial charge in [0.25, 0.3) is 11.8 Å². The standard InChI is InChI=1S/C23H26N4O5/c1-2-24-21(29)15-32-19-11-7-17(8-12-19)26-20(28)14-25-23(31)16-5-9-18(10-6-16)27-13-3-4-22(27)30/h5-12H,2-4,13-15H2,1H3,(H,24,29)(H,25,31)(H,26,28). The third-order valence-electron chi connectivity index (χ3n) is 4.81. The van der Waals surface area contributed by atoms with Crippen LogP contribution in [0.1, 0.15) is 30.1 Å². The Labute approximate surface area is 186 Å². The Morgan fingerprint density at radius 1 is 0.969 bits per heavy atom. The maximum absolute atomic E-state index is 12.3. The van der Waals surface area contributed by atoms with E-state index in [0.717, 1.165) is 12.1 Å². The zero-order chi connectivity index (χ0) is 22.9. The topological polar surface area (TPSA) is 117 Å². The van der Waals surface area contributed by atoms with Crippen molar-refractivity contribution in [3.63, 3.8) is 0 Å². The number of ether oxygens (including phenoxy) is 1. The molecule has 3 N–H and O–H groups in total. The Bertz CT molecular complexity index is 973. The molecule has 1 heterocycles. The van der Waals surface area contributed by atoms with Crippen LogP contribution in [0.4, 0.5) is 11.4 Å². The van der Waals surface area contributed by atoms with Crippen molar-refractivity contribution in [2.75, 3.05) is 36.5 Å². The van der Waals surface area contributed by atoms with Crippen molar-refractivity contribution in [2.45, 2.75) is 19.8 Å². The minimum absolute atomic E-state index is 0.0824. The van der Waals surface area contributed by atoms with Crippen molar-refractivity contribution < 1.29 is 23.9 Å². The van der Waals surface area contributed by atoms with Gasteiger partial charge in [-0.25, -0.2) is 0 Å². The zero-order valence-corrected chi connectivity index (χ0v) is 17.8. The molecule has 0 unspecified atom stereocenters. The van der Waals surface area contributed by atoms with E-state index in [1.165, 1.54) is 0 Å². The lowest BCUT2D eigenvalue weighted by molar-refractivity contribution is -0.123. The fourth-order valence-corrected chi connectivity index (χ4v) is 3.21. The van der Waals surface area contributed by atoms with Gasteiger partial charge in [-0.05, 0) is 61.9 Å². The van der Waals surface area contributed by atoms with Crippen molar-refractivity contribution in [3.8, 4) is 5.75 Å². The smallest absolute Gasteiger partial charge is 0.257 e. The minimum Gasteiger partial charge on any atom is -0.484 e. The van der Waals surface area contributed by atoms with Gasteiger partial charge in [0.2, 0.25) is 11.8 Å². The third-order valence-corrected chi connectivity index (χ3v) is 4.81. The Morgan fingerprint density at radius 3 is 2.31 bits per heavy atom. The molecule has 0 bridgehead atoms. The number of hydrogen-bond donors (Lipinski definition) is 3. The monoisotopic (exact) mass is 438 g/mol. The van der Waals surface area contributed by atoms with Crippen LogP contribution in [0.3, 0.4) is 0 Å². The summed E-state index contributed by atoms with van der Waals surface area (Å²) in [5, 5.41) is 7.89. The molecule has 0 saturated carbocycles. The molecule has 2 aromatic carbocycles. The highest BCUT2D eigenvalue weighted by atomic mass is 16.5. The third kappa shape index (κ3) is 6.31. The number of benzene rings is 2. The molecule has 3 rings (SSSR count). The number of nitrogens with zero attached hydrogens (tertiary/aromatic N) is 1. The molecule has 0 spiro atoms. The van der Waals surface area contributed by atoms with E-state index in [0.29, 0.717) is 36.5 Å². The Morgan fingerprint density at radius 2 is 1.69 bits per heavy atom. The maximum Gasteiger partial charge on any atom is 0.257 e. The largest absolute Gasteiger partial charge is 0.484 e. The van der Waals surface area contributed by atoms with E-state index in [2.05, 4.69) is 16.0 Å². The molecule has 4 amide bonds. The normalized spacial score (nSPS) is 12.9. The van der Waals surface area contributed by atoms with Gasteiger partial charge in [-0.2, -0.15) is 0 Å². The molecule has 9 heteroatoms. The van der Waals surface area contributed by atoms with Crippen LogP contribution in [0.2, 0.25) is 0 Å². The van der Waals surface area contributed by atoms with Crippen LogP contribution in [-0.4, -0.2) is 49.9 Å². The first-order valence-corrected chi connectivity index (χ1v) is 10.4. The number of hydrogen-bond acceptors (Lipinski definition) is 5. The van der Waals surface area contributed by atoms with Crippen LogP contribution in [0.25, 0.3) is 0 Å². The van der Waals surface area contributed by atoms with E-state index in [9.17, 15) is 19.2 Å². The summed E-state index contributed by atoms with van der Waals surface area (Å²) >= 11 is 0. The van der Waals surface area contributed by atoms with Crippen LogP contribution < -0.4 is 25.6 Å². The first-order valence-electron chi connectivity index (χ1n) is 10.4. The summed E-state index contributed by atoms with van der Waals surface area (Å²) in [5.41, 5.74) is 1.70. The van der Waals surface area contributed by atoms with E-state index in [-0.39, 0.29) is 36.8 Å². The van der Waals surface area contributed by atoms with E-state index >= 15 is 0 Å². The molecule has 32 heavy (non-hydrogen) atoms. The molecule has 9 nitrogen and oxygen atoms in total.